The van der Waals surface area contributed by atoms with Crippen LogP contribution in [-0.2, 0) is 4.79 Å². The van der Waals surface area contributed by atoms with Gasteiger partial charge in [0.15, 0.2) is 0 Å². The molecule has 0 aromatic carbocycles. The minimum Gasteiger partial charge on any atom is -0.478 e. The third-order valence-electron chi connectivity index (χ3n) is 3.55. The van der Waals surface area contributed by atoms with Gasteiger partial charge in [-0.2, -0.15) is 0 Å². The first-order chi connectivity index (χ1) is 16.7. The van der Waals surface area contributed by atoms with Gasteiger partial charge >= 0.3 is 5.97 Å². The summed E-state index contributed by atoms with van der Waals surface area (Å²) >= 11 is 0. The first kappa shape index (κ1) is 9.24. The number of carboxylic acids is 1. The molecule has 1 N–H and O–H groups in total. The molecule has 2 heteroatoms. The highest BCUT2D eigenvalue weighted by Crippen LogP contribution is 2.14. The fourth-order valence-electron chi connectivity index (χ4n) is 2.25. The summed E-state index contributed by atoms with van der Waals surface area (Å²) < 4.78 is 103. The van der Waals surface area contributed by atoms with Crippen LogP contribution in [0.3, 0.4) is 0 Å². The summed E-state index contributed by atoms with van der Waals surface area (Å²) in [6.07, 6.45) is -9.37. The highest BCUT2D eigenvalue weighted by molar-refractivity contribution is 5.79. The molecule has 0 aliphatic heterocycles. The van der Waals surface area contributed by atoms with Crippen LogP contribution in [0.15, 0.2) is 12.1 Å². The molecule has 0 rings (SSSR count). The van der Waals surface area contributed by atoms with E-state index in [9.17, 15) is 4.79 Å². The van der Waals surface area contributed by atoms with Gasteiger partial charge in [0.1, 0.15) is 0 Å². The summed E-state index contributed by atoms with van der Waals surface area (Å²) in [5.41, 5.74) is 0. The molecule has 0 aliphatic rings. The lowest BCUT2D eigenvalue weighted by Crippen LogP contribution is -1.86. The lowest BCUT2D eigenvalue weighted by atomic mass is 10.0. The van der Waals surface area contributed by atoms with E-state index in [4.69, 9.17) is 22.9 Å². The Morgan fingerprint density at radius 3 is 1.88 bits per heavy atom. The minimum atomic E-state index is -3.97. The van der Waals surface area contributed by atoms with Crippen LogP contribution < -0.4 is 0 Å². The Morgan fingerprint density at radius 2 is 1.33 bits per heavy atom. The third kappa shape index (κ3) is 21.2. The maximum atomic E-state index is 10.9. The second-order valence-electron chi connectivity index (χ2n) is 5.73. The van der Waals surface area contributed by atoms with Gasteiger partial charge in [0.05, 0.1) is 2.74 Å². The first-order valence-electron chi connectivity index (χ1n) is 15.7. The molecule has 0 bridgehead atoms. The zero-order valence-electron chi connectivity index (χ0n) is 27.9. The van der Waals surface area contributed by atoms with Gasteiger partial charge in [-0.05, 0) is 12.7 Å². The maximum Gasteiger partial charge on any atom is 0.327 e. The van der Waals surface area contributed by atoms with Crippen LogP contribution in [0.1, 0.15) is 140 Å². The Kier molecular flexibility index (Phi) is 7.79. The molecule has 1 unspecified atom stereocenters. The van der Waals surface area contributed by atoms with Gasteiger partial charge in [0.25, 0.3) is 0 Å². The highest BCUT2D eigenvalue weighted by atomic mass is 16.4. The van der Waals surface area contributed by atoms with Crippen LogP contribution in [0.4, 0.5) is 0 Å². The van der Waals surface area contributed by atoms with Gasteiger partial charge in [-0.3, -0.25) is 0 Å². The molecule has 0 spiro atoms. The number of aliphatic carboxylic acids is 1. The summed E-state index contributed by atoms with van der Waals surface area (Å²) in [5.74, 6) is -2.05. The predicted molar refractivity (Wildman–Crippen MR) is 106 cm³/mol. The van der Waals surface area contributed by atoms with E-state index in [1.807, 2.05) is 0 Å². The van der Waals surface area contributed by atoms with E-state index in [1.165, 1.54) is 32.1 Å². The quantitative estimate of drug-likeness (QED) is 0.191. The molecule has 0 saturated carbocycles. The van der Waals surface area contributed by atoms with Crippen molar-refractivity contribution in [2.24, 2.45) is 0 Å². The smallest absolute Gasteiger partial charge is 0.327 e. The highest BCUT2D eigenvalue weighted by Gasteiger charge is 1.94. The van der Waals surface area contributed by atoms with Gasteiger partial charge in [-0.25, -0.2) is 4.79 Å². The fourth-order valence-corrected chi connectivity index (χ4v) is 2.25. The van der Waals surface area contributed by atoms with Crippen LogP contribution in [0, 0.1) is 0 Å². The standard InChI is InChI=1S/C22H42O2/c1-2-3-4-5-6-7-8-9-10-11-12-13-14-15-16-17-18-19-20-21-22(23)24/h20-21H,2-19H2,1H3,(H,23,24)/i14D,15D2,16D2,17D2,18D2,19D2,20D,21D. The zero-order valence-corrected chi connectivity index (χ0v) is 14.9. The summed E-state index contributed by atoms with van der Waals surface area (Å²) in [7, 11) is 0. The Bertz CT molecular complexity index is 751. The van der Waals surface area contributed by atoms with Crippen molar-refractivity contribution in [1.82, 2.24) is 0 Å². The van der Waals surface area contributed by atoms with Crippen molar-refractivity contribution < 1.29 is 27.7 Å². The Hall–Kier alpha value is -0.790. The molecular weight excluding hydrogens is 296 g/mol. The minimum absolute atomic E-state index is 0.116. The van der Waals surface area contributed by atoms with Crippen LogP contribution in [0.5, 0.6) is 0 Å². The number of allylic oxidation sites excluding steroid dienone is 1. The lowest BCUT2D eigenvalue weighted by molar-refractivity contribution is -0.131. The first-order valence-corrected chi connectivity index (χ1v) is 9.08. The molecule has 0 amide bonds. The molecule has 0 heterocycles. The van der Waals surface area contributed by atoms with Crippen LogP contribution >= 0.6 is 0 Å². The number of carboxylic acid groups (broad SMARTS) is 1. The number of hydrogen-bond acceptors (Lipinski definition) is 1. The van der Waals surface area contributed by atoms with Crippen molar-refractivity contribution in [1.29, 1.82) is 0 Å². The number of rotatable bonds is 19. The largest absolute Gasteiger partial charge is 0.478 e. The van der Waals surface area contributed by atoms with Gasteiger partial charge in [0.2, 0.25) is 0 Å². The predicted octanol–water partition coefficient (Wildman–Crippen LogP) is 7.67. The van der Waals surface area contributed by atoms with Crippen molar-refractivity contribution in [3.8, 4) is 0 Å². The van der Waals surface area contributed by atoms with Crippen LogP contribution in [0.2, 0.25) is 0 Å². The van der Waals surface area contributed by atoms with Crippen LogP contribution in [0.25, 0.3) is 0 Å². The Balaban J connectivity index is 5.24. The number of hydrogen-bond donors (Lipinski definition) is 1. The zero-order chi connectivity index (χ0) is 29.3. The topological polar surface area (TPSA) is 37.3 Å². The van der Waals surface area contributed by atoms with Gasteiger partial charge in [-0.1, -0.05) is 116 Å². The van der Waals surface area contributed by atoms with Crippen molar-refractivity contribution in [3.05, 3.63) is 12.1 Å². The van der Waals surface area contributed by atoms with E-state index in [-0.39, 0.29) is 6.42 Å². The fraction of sp³-hybridized carbons (Fsp3) is 0.864. The third-order valence-corrected chi connectivity index (χ3v) is 3.55. The summed E-state index contributed by atoms with van der Waals surface area (Å²) in [4.78, 5) is 10.9. The summed E-state index contributed by atoms with van der Waals surface area (Å²) in [6.45, 7) is 2.17. The molecule has 0 aliphatic carbocycles. The van der Waals surface area contributed by atoms with Gasteiger partial charge in [0, 0.05) is 21.1 Å². The molecule has 0 saturated heterocycles. The lowest BCUT2D eigenvalue weighted by Gasteiger charge is -2.03. The second-order valence-corrected chi connectivity index (χ2v) is 5.73. The average molecular weight is 352 g/mol. The van der Waals surface area contributed by atoms with Crippen LogP contribution in [-0.4, -0.2) is 11.1 Å². The van der Waals surface area contributed by atoms with Crippen molar-refractivity contribution >= 4 is 5.97 Å². The van der Waals surface area contributed by atoms with Gasteiger partial charge < -0.3 is 5.11 Å². The molecule has 2 nitrogen and oxygen atoms in total. The SMILES string of the molecule is [2H]C(C(=O)O)=C([2H])C([2H])([2H])C([2H])([2H])C([2H])([2H])C([2H])([2H])C([2H])([2H])C([2H])CCCCCCCCCCCCC. The van der Waals surface area contributed by atoms with Crippen molar-refractivity contribution in [3.63, 3.8) is 0 Å². The normalized spacial score (nSPS) is 24.5. The van der Waals surface area contributed by atoms with E-state index in [2.05, 4.69) is 6.92 Å². The molecule has 142 valence electrons. The molecule has 0 fully saturated rings. The van der Waals surface area contributed by atoms with E-state index in [1.54, 1.807) is 0 Å². The number of carbonyl (C=O) groups is 1. The van der Waals surface area contributed by atoms with Crippen molar-refractivity contribution in [2.45, 2.75) is 122 Å². The monoisotopic (exact) mass is 351 g/mol. The molecule has 0 aromatic heterocycles. The molecular formula is C22H42O2. The van der Waals surface area contributed by atoms with Crippen molar-refractivity contribution in [2.75, 3.05) is 0 Å². The summed E-state index contributed by atoms with van der Waals surface area (Å²) in [6, 6.07) is -3.35. The Morgan fingerprint density at radius 1 is 0.833 bits per heavy atom. The van der Waals surface area contributed by atoms with E-state index in [0.717, 1.165) is 25.7 Å². The number of unbranched alkanes of at least 4 members (excludes halogenated alkanes) is 10. The van der Waals surface area contributed by atoms with E-state index >= 15 is 0 Å². The second kappa shape index (κ2) is 20.3. The van der Waals surface area contributed by atoms with E-state index in [0.29, 0.717) is 12.8 Å². The van der Waals surface area contributed by atoms with E-state index < -0.39 is 56.3 Å². The molecule has 0 aromatic rings. The van der Waals surface area contributed by atoms with Gasteiger partial charge in [-0.15, -0.1) is 0 Å². The molecule has 0 radical (unpaired) electrons. The average Bonchev–Trinajstić information content (AvgIpc) is 2.80. The molecule has 24 heavy (non-hydrogen) atoms. The maximum absolute atomic E-state index is 10.9. The Labute approximate surface area is 169 Å². The summed E-state index contributed by atoms with van der Waals surface area (Å²) in [5, 5.41) is 8.84. The molecule has 1 atom stereocenters.